The third-order valence-corrected chi connectivity index (χ3v) is 4.20. The highest BCUT2D eigenvalue weighted by Gasteiger charge is 2.13. The van der Waals surface area contributed by atoms with Crippen LogP contribution in [0.25, 0.3) is 11.4 Å². The number of nitrogens with zero attached hydrogens (tertiary/aromatic N) is 4. The number of benzene rings is 1. The largest absolute Gasteiger partial charge is 0.363 e. The van der Waals surface area contributed by atoms with Gasteiger partial charge in [-0.15, -0.1) is 10.2 Å². The van der Waals surface area contributed by atoms with E-state index >= 15 is 0 Å². The minimum absolute atomic E-state index is 0.177. The lowest BCUT2D eigenvalue weighted by atomic mass is 10.1. The van der Waals surface area contributed by atoms with Crippen LogP contribution in [-0.4, -0.2) is 31.6 Å². The molecular formula is C15H15N5O2S. The van der Waals surface area contributed by atoms with Crippen LogP contribution in [0.15, 0.2) is 46.3 Å². The molecule has 0 spiro atoms. The Balaban J connectivity index is 1.65. The second-order valence-electron chi connectivity index (χ2n) is 4.95. The predicted molar refractivity (Wildman–Crippen MR) is 87.0 cm³/mol. The van der Waals surface area contributed by atoms with Gasteiger partial charge in [-0.1, -0.05) is 46.7 Å². The van der Waals surface area contributed by atoms with Crippen LogP contribution in [0.3, 0.4) is 0 Å². The van der Waals surface area contributed by atoms with Gasteiger partial charge in [0.15, 0.2) is 16.8 Å². The molecule has 2 aromatic heterocycles. The van der Waals surface area contributed by atoms with Crippen molar-refractivity contribution in [3.05, 3.63) is 42.2 Å². The average Bonchev–Trinajstić information content (AvgIpc) is 3.16. The van der Waals surface area contributed by atoms with Gasteiger partial charge in [0, 0.05) is 18.7 Å². The van der Waals surface area contributed by atoms with Gasteiger partial charge in [-0.05, 0) is 6.92 Å². The van der Waals surface area contributed by atoms with Gasteiger partial charge in [0.2, 0.25) is 5.91 Å². The van der Waals surface area contributed by atoms with Crippen LogP contribution in [0, 0.1) is 6.92 Å². The summed E-state index contributed by atoms with van der Waals surface area (Å²) in [5.41, 5.74) is 2.18. The summed E-state index contributed by atoms with van der Waals surface area (Å²) in [5.74, 6) is 1.20. The third kappa shape index (κ3) is 3.59. The molecule has 0 atom stereocenters. The van der Waals surface area contributed by atoms with E-state index in [1.807, 2.05) is 42.8 Å². The Morgan fingerprint density at radius 3 is 2.74 bits per heavy atom. The van der Waals surface area contributed by atoms with E-state index in [-0.39, 0.29) is 11.7 Å². The molecule has 2 heterocycles. The zero-order valence-corrected chi connectivity index (χ0v) is 13.5. The summed E-state index contributed by atoms with van der Waals surface area (Å²) < 4.78 is 6.53. The maximum absolute atomic E-state index is 11.8. The zero-order chi connectivity index (χ0) is 16.2. The summed E-state index contributed by atoms with van der Waals surface area (Å²) in [7, 11) is 1.88. The van der Waals surface area contributed by atoms with Gasteiger partial charge in [-0.25, -0.2) is 0 Å². The second kappa shape index (κ2) is 6.66. The standard InChI is InChI=1S/C15H15N5O2S/c1-10-3-5-11(6-4-10)14-17-18-15(20(14)2)23-9-13(21)16-12-7-8-22-19-12/h3-8H,9H2,1-2H3,(H,16,19,21). The van der Waals surface area contributed by atoms with Crippen LogP contribution in [0.5, 0.6) is 0 Å². The van der Waals surface area contributed by atoms with Crippen molar-refractivity contribution in [2.45, 2.75) is 12.1 Å². The first kappa shape index (κ1) is 15.3. The fourth-order valence-corrected chi connectivity index (χ4v) is 2.69. The maximum Gasteiger partial charge on any atom is 0.236 e. The van der Waals surface area contributed by atoms with Crippen LogP contribution in [-0.2, 0) is 11.8 Å². The van der Waals surface area contributed by atoms with Crippen molar-refractivity contribution in [3.8, 4) is 11.4 Å². The average molecular weight is 329 g/mol. The quantitative estimate of drug-likeness (QED) is 0.724. The summed E-state index contributed by atoms with van der Waals surface area (Å²) in [6.07, 6.45) is 1.40. The van der Waals surface area contributed by atoms with Gasteiger partial charge in [0.1, 0.15) is 6.26 Å². The molecule has 7 nitrogen and oxygen atoms in total. The summed E-state index contributed by atoms with van der Waals surface area (Å²) in [6.45, 7) is 2.04. The molecule has 1 N–H and O–H groups in total. The first-order valence-electron chi connectivity index (χ1n) is 6.93. The Bertz CT molecular complexity index is 796. The van der Waals surface area contributed by atoms with Crippen molar-refractivity contribution in [2.24, 2.45) is 7.05 Å². The molecular weight excluding hydrogens is 314 g/mol. The van der Waals surface area contributed by atoms with E-state index in [4.69, 9.17) is 0 Å². The number of carbonyl (C=O) groups is 1. The molecule has 0 bridgehead atoms. The Kier molecular flexibility index (Phi) is 4.42. The Morgan fingerprint density at radius 1 is 1.26 bits per heavy atom. The third-order valence-electron chi connectivity index (χ3n) is 3.18. The molecule has 8 heteroatoms. The molecule has 23 heavy (non-hydrogen) atoms. The van der Waals surface area contributed by atoms with Crippen LogP contribution >= 0.6 is 11.8 Å². The van der Waals surface area contributed by atoms with E-state index in [0.29, 0.717) is 11.0 Å². The van der Waals surface area contributed by atoms with Crippen molar-refractivity contribution in [2.75, 3.05) is 11.1 Å². The number of hydrogen-bond acceptors (Lipinski definition) is 6. The lowest BCUT2D eigenvalue weighted by molar-refractivity contribution is -0.113. The number of aryl methyl sites for hydroxylation is 1. The SMILES string of the molecule is Cc1ccc(-c2nnc(SCC(=O)Nc3ccon3)n2C)cc1. The molecule has 3 aromatic rings. The Morgan fingerprint density at radius 2 is 2.04 bits per heavy atom. The highest BCUT2D eigenvalue weighted by atomic mass is 32.2. The second-order valence-corrected chi connectivity index (χ2v) is 5.90. The van der Waals surface area contributed by atoms with Crippen LogP contribution in [0.4, 0.5) is 5.82 Å². The predicted octanol–water partition coefficient (Wildman–Crippen LogP) is 2.51. The Labute approximate surface area is 137 Å². The minimum atomic E-state index is -0.177. The summed E-state index contributed by atoms with van der Waals surface area (Å²) in [4.78, 5) is 11.8. The molecule has 0 aliphatic heterocycles. The fraction of sp³-hybridized carbons (Fsp3) is 0.200. The van der Waals surface area contributed by atoms with Crippen molar-refractivity contribution in [1.29, 1.82) is 0 Å². The minimum Gasteiger partial charge on any atom is -0.363 e. The van der Waals surface area contributed by atoms with Crippen molar-refractivity contribution in [3.63, 3.8) is 0 Å². The number of amides is 1. The topological polar surface area (TPSA) is 85.8 Å². The summed E-state index contributed by atoms with van der Waals surface area (Å²) >= 11 is 1.31. The van der Waals surface area contributed by atoms with Gasteiger partial charge in [-0.2, -0.15) is 0 Å². The molecule has 0 saturated heterocycles. The van der Waals surface area contributed by atoms with Gasteiger partial charge in [0.05, 0.1) is 5.75 Å². The molecule has 0 fully saturated rings. The number of thioether (sulfide) groups is 1. The molecule has 0 radical (unpaired) electrons. The fourth-order valence-electron chi connectivity index (χ4n) is 1.98. The Hall–Kier alpha value is -2.61. The monoisotopic (exact) mass is 329 g/mol. The smallest absolute Gasteiger partial charge is 0.236 e. The summed E-state index contributed by atoms with van der Waals surface area (Å²) in [5, 5.41) is 15.3. The van der Waals surface area contributed by atoms with E-state index < -0.39 is 0 Å². The normalized spacial score (nSPS) is 10.7. The highest BCUT2D eigenvalue weighted by molar-refractivity contribution is 7.99. The van der Waals surface area contributed by atoms with E-state index in [0.717, 1.165) is 11.4 Å². The van der Waals surface area contributed by atoms with E-state index in [2.05, 4.69) is 25.2 Å². The molecule has 0 unspecified atom stereocenters. The van der Waals surface area contributed by atoms with E-state index in [1.165, 1.54) is 23.6 Å². The number of aromatic nitrogens is 4. The molecule has 0 saturated carbocycles. The van der Waals surface area contributed by atoms with E-state index in [1.54, 1.807) is 6.07 Å². The molecule has 0 aliphatic rings. The first-order chi connectivity index (χ1) is 11.1. The molecule has 3 rings (SSSR count). The number of rotatable bonds is 5. The van der Waals surface area contributed by atoms with Crippen LogP contribution in [0.1, 0.15) is 5.56 Å². The molecule has 0 aliphatic carbocycles. The number of nitrogens with one attached hydrogen (secondary N) is 1. The maximum atomic E-state index is 11.8. The van der Waals surface area contributed by atoms with Gasteiger partial charge in [0.25, 0.3) is 0 Å². The van der Waals surface area contributed by atoms with Gasteiger partial charge < -0.3 is 14.4 Å². The van der Waals surface area contributed by atoms with E-state index in [9.17, 15) is 4.79 Å². The molecule has 118 valence electrons. The highest BCUT2D eigenvalue weighted by Crippen LogP contribution is 2.23. The zero-order valence-electron chi connectivity index (χ0n) is 12.7. The van der Waals surface area contributed by atoms with Crippen LogP contribution in [0.2, 0.25) is 0 Å². The van der Waals surface area contributed by atoms with Gasteiger partial charge >= 0.3 is 0 Å². The first-order valence-corrected chi connectivity index (χ1v) is 7.91. The number of anilines is 1. The lowest BCUT2D eigenvalue weighted by Gasteiger charge is -2.04. The molecule has 1 amide bonds. The number of hydrogen-bond donors (Lipinski definition) is 1. The van der Waals surface area contributed by atoms with Crippen molar-refractivity contribution in [1.82, 2.24) is 19.9 Å². The number of carbonyl (C=O) groups excluding carboxylic acids is 1. The van der Waals surface area contributed by atoms with Crippen molar-refractivity contribution < 1.29 is 9.32 Å². The van der Waals surface area contributed by atoms with Crippen molar-refractivity contribution >= 4 is 23.5 Å². The van der Waals surface area contributed by atoms with Gasteiger partial charge in [-0.3, -0.25) is 4.79 Å². The lowest BCUT2D eigenvalue weighted by Crippen LogP contribution is -2.14. The van der Waals surface area contributed by atoms with Crippen LogP contribution < -0.4 is 5.32 Å². The summed E-state index contributed by atoms with van der Waals surface area (Å²) in [6, 6.07) is 9.65. The molecule has 1 aromatic carbocycles.